The summed E-state index contributed by atoms with van der Waals surface area (Å²) in [5, 5.41) is 6.34. The largest absolute Gasteiger partial charge is 0.389 e. The van der Waals surface area contributed by atoms with Crippen LogP contribution in [0.25, 0.3) is 0 Å². The van der Waals surface area contributed by atoms with Gasteiger partial charge in [-0.2, -0.15) is 0 Å². The Morgan fingerprint density at radius 1 is 1.56 bits per heavy atom. The predicted octanol–water partition coefficient (Wildman–Crippen LogP) is 2.65. The summed E-state index contributed by atoms with van der Waals surface area (Å²) in [5.74, 6) is 0.699. The first-order valence-corrected chi connectivity index (χ1v) is 6.80. The fourth-order valence-electron chi connectivity index (χ4n) is 1.56. The Balaban J connectivity index is 2.21. The zero-order chi connectivity index (χ0) is 13.1. The number of nitrogens with one attached hydrogen (secondary N) is 1. The molecule has 18 heavy (non-hydrogen) atoms. The summed E-state index contributed by atoms with van der Waals surface area (Å²) in [6.07, 6.45) is 1.71. The van der Waals surface area contributed by atoms with Gasteiger partial charge >= 0.3 is 0 Å². The molecule has 2 heterocycles. The molecule has 0 fully saturated rings. The second-order valence-corrected chi connectivity index (χ2v) is 5.29. The molecule has 94 valence electrons. The Bertz CT molecular complexity index is 565. The maximum atomic E-state index is 5.67. The molecule has 0 amide bonds. The van der Waals surface area contributed by atoms with Crippen LogP contribution in [-0.4, -0.2) is 15.0 Å². The molecule has 0 saturated carbocycles. The number of hydrogen-bond acceptors (Lipinski definition) is 5. The van der Waals surface area contributed by atoms with E-state index in [4.69, 9.17) is 18.0 Å². The third kappa shape index (κ3) is 2.83. The van der Waals surface area contributed by atoms with Crippen LogP contribution in [0.5, 0.6) is 0 Å². The number of rotatable bonds is 4. The Kier molecular flexibility index (Phi) is 3.88. The Labute approximate surface area is 115 Å². The van der Waals surface area contributed by atoms with Gasteiger partial charge in [-0.1, -0.05) is 12.2 Å². The second kappa shape index (κ2) is 5.41. The standard InChI is InChI=1S/C12H14N4S2/c1-7-6-18-12(15-7)8(2)16-11-9(10(13)17)4-3-5-14-11/h3-6,8H,1-2H3,(H2,13,17)(H,14,16). The lowest BCUT2D eigenvalue weighted by molar-refractivity contribution is 0.855. The van der Waals surface area contributed by atoms with Crippen molar-refractivity contribution in [2.45, 2.75) is 19.9 Å². The van der Waals surface area contributed by atoms with Crippen molar-refractivity contribution in [3.05, 3.63) is 40.0 Å². The van der Waals surface area contributed by atoms with E-state index in [1.165, 1.54) is 0 Å². The third-order valence-corrected chi connectivity index (χ3v) is 3.80. The number of anilines is 1. The molecule has 4 nitrogen and oxygen atoms in total. The minimum atomic E-state index is 0.0756. The van der Waals surface area contributed by atoms with E-state index in [1.54, 1.807) is 17.5 Å². The van der Waals surface area contributed by atoms with Crippen LogP contribution < -0.4 is 11.1 Å². The smallest absolute Gasteiger partial charge is 0.136 e. The number of thiocarbonyl (C=S) groups is 1. The second-order valence-electron chi connectivity index (χ2n) is 3.96. The topological polar surface area (TPSA) is 63.8 Å². The first-order valence-electron chi connectivity index (χ1n) is 5.51. The molecule has 0 radical (unpaired) electrons. The maximum absolute atomic E-state index is 5.67. The van der Waals surface area contributed by atoms with Crippen molar-refractivity contribution in [3.8, 4) is 0 Å². The van der Waals surface area contributed by atoms with E-state index in [9.17, 15) is 0 Å². The highest BCUT2D eigenvalue weighted by atomic mass is 32.1. The Hall–Kier alpha value is -1.53. The van der Waals surface area contributed by atoms with Crippen LogP contribution in [0.15, 0.2) is 23.7 Å². The molecule has 2 rings (SSSR count). The summed E-state index contributed by atoms with van der Waals surface area (Å²) in [6.45, 7) is 4.02. The van der Waals surface area contributed by atoms with Crippen molar-refractivity contribution in [1.82, 2.24) is 9.97 Å². The van der Waals surface area contributed by atoms with E-state index in [-0.39, 0.29) is 6.04 Å². The van der Waals surface area contributed by atoms with Gasteiger partial charge in [-0.05, 0) is 26.0 Å². The number of aryl methyl sites for hydroxylation is 1. The SMILES string of the molecule is Cc1csc(C(C)Nc2ncccc2C(N)=S)n1. The molecule has 3 N–H and O–H groups in total. The molecule has 1 unspecified atom stereocenters. The van der Waals surface area contributed by atoms with E-state index in [0.29, 0.717) is 10.8 Å². The lowest BCUT2D eigenvalue weighted by Crippen LogP contribution is -2.16. The fraction of sp³-hybridized carbons (Fsp3) is 0.250. The molecule has 1 atom stereocenters. The highest BCUT2D eigenvalue weighted by Gasteiger charge is 2.13. The number of nitrogens with zero attached hydrogens (tertiary/aromatic N) is 2. The highest BCUT2D eigenvalue weighted by Crippen LogP contribution is 2.23. The van der Waals surface area contributed by atoms with Crippen LogP contribution in [0.2, 0.25) is 0 Å². The number of hydrogen-bond donors (Lipinski definition) is 2. The maximum Gasteiger partial charge on any atom is 0.136 e. The van der Waals surface area contributed by atoms with Gasteiger partial charge < -0.3 is 11.1 Å². The molecular weight excluding hydrogens is 264 g/mol. The van der Waals surface area contributed by atoms with E-state index in [1.807, 2.05) is 31.4 Å². The molecule has 0 aliphatic heterocycles. The van der Waals surface area contributed by atoms with Gasteiger partial charge in [-0.3, -0.25) is 0 Å². The van der Waals surface area contributed by atoms with E-state index in [2.05, 4.69) is 15.3 Å². The van der Waals surface area contributed by atoms with Crippen molar-refractivity contribution in [2.24, 2.45) is 5.73 Å². The summed E-state index contributed by atoms with van der Waals surface area (Å²) in [4.78, 5) is 9.06. The summed E-state index contributed by atoms with van der Waals surface area (Å²) >= 11 is 6.63. The molecule has 0 aliphatic rings. The summed E-state index contributed by atoms with van der Waals surface area (Å²) in [6, 6.07) is 3.75. The summed E-state index contributed by atoms with van der Waals surface area (Å²) < 4.78 is 0. The van der Waals surface area contributed by atoms with Gasteiger partial charge in [0.1, 0.15) is 15.8 Å². The van der Waals surface area contributed by atoms with Crippen LogP contribution >= 0.6 is 23.6 Å². The lowest BCUT2D eigenvalue weighted by Gasteiger charge is -2.14. The Morgan fingerprint density at radius 3 is 2.94 bits per heavy atom. The van der Waals surface area contributed by atoms with Crippen molar-refractivity contribution in [1.29, 1.82) is 0 Å². The number of aromatic nitrogens is 2. The van der Waals surface area contributed by atoms with Crippen LogP contribution in [0, 0.1) is 6.92 Å². The van der Waals surface area contributed by atoms with E-state index < -0.39 is 0 Å². The molecular formula is C12H14N4S2. The number of pyridine rings is 1. The van der Waals surface area contributed by atoms with Crippen molar-refractivity contribution in [2.75, 3.05) is 5.32 Å². The third-order valence-electron chi connectivity index (χ3n) is 2.43. The predicted molar refractivity (Wildman–Crippen MR) is 79.0 cm³/mol. The van der Waals surface area contributed by atoms with E-state index >= 15 is 0 Å². The van der Waals surface area contributed by atoms with Gasteiger partial charge in [-0.15, -0.1) is 11.3 Å². The van der Waals surface area contributed by atoms with Crippen molar-refractivity contribution in [3.63, 3.8) is 0 Å². The average Bonchev–Trinajstić information content (AvgIpc) is 2.76. The van der Waals surface area contributed by atoms with Gasteiger partial charge in [-0.25, -0.2) is 9.97 Å². The van der Waals surface area contributed by atoms with Crippen molar-refractivity contribution < 1.29 is 0 Å². The quantitative estimate of drug-likeness (QED) is 0.842. The normalized spacial score (nSPS) is 12.1. The molecule has 2 aromatic rings. The van der Waals surface area contributed by atoms with Gasteiger partial charge in [0.05, 0.1) is 11.6 Å². The van der Waals surface area contributed by atoms with Gasteiger partial charge in [0.2, 0.25) is 0 Å². The molecule has 0 bridgehead atoms. The minimum absolute atomic E-state index is 0.0756. The monoisotopic (exact) mass is 278 g/mol. The summed E-state index contributed by atoms with van der Waals surface area (Å²) in [5.41, 5.74) is 7.46. The van der Waals surface area contributed by atoms with Crippen LogP contribution in [0.3, 0.4) is 0 Å². The molecule has 2 aromatic heterocycles. The zero-order valence-corrected chi connectivity index (χ0v) is 11.8. The Morgan fingerprint density at radius 2 is 2.33 bits per heavy atom. The number of nitrogens with two attached hydrogens (primary N) is 1. The first-order chi connectivity index (χ1) is 8.58. The molecule has 0 spiro atoms. The van der Waals surface area contributed by atoms with Gasteiger partial charge in [0.25, 0.3) is 0 Å². The zero-order valence-electron chi connectivity index (χ0n) is 10.2. The van der Waals surface area contributed by atoms with Crippen LogP contribution in [0.4, 0.5) is 5.82 Å². The van der Waals surface area contributed by atoms with E-state index in [0.717, 1.165) is 16.3 Å². The minimum Gasteiger partial charge on any atom is -0.389 e. The molecule has 6 heteroatoms. The first kappa shape index (κ1) is 12.9. The van der Waals surface area contributed by atoms with Gasteiger partial charge in [0, 0.05) is 17.3 Å². The molecule has 0 aliphatic carbocycles. The van der Waals surface area contributed by atoms with Gasteiger partial charge in [0.15, 0.2) is 0 Å². The molecule has 0 saturated heterocycles. The lowest BCUT2D eigenvalue weighted by atomic mass is 10.2. The summed E-state index contributed by atoms with van der Waals surface area (Å²) in [7, 11) is 0. The number of thiazole rings is 1. The highest BCUT2D eigenvalue weighted by molar-refractivity contribution is 7.80. The van der Waals surface area contributed by atoms with Crippen molar-refractivity contribution >= 4 is 34.4 Å². The van der Waals surface area contributed by atoms with Crippen LogP contribution in [-0.2, 0) is 0 Å². The van der Waals surface area contributed by atoms with Crippen LogP contribution in [0.1, 0.15) is 29.2 Å². The average molecular weight is 278 g/mol. The molecule has 0 aromatic carbocycles. The fourth-order valence-corrected chi connectivity index (χ4v) is 2.53.